The third-order valence-corrected chi connectivity index (χ3v) is 4.71. The maximum Gasteiger partial charge on any atom is 0.321 e. The molecule has 1 aromatic carbocycles. The number of anilines is 1. The average Bonchev–Trinajstić information content (AvgIpc) is 2.71. The topological polar surface area (TPSA) is 87.2 Å². The van der Waals surface area contributed by atoms with Gasteiger partial charge in [-0.2, -0.15) is 0 Å². The average molecular weight is 389 g/mol. The molecule has 0 saturated carbocycles. The maximum atomic E-state index is 13.7. The molecule has 1 aliphatic rings. The number of nitrogens with one attached hydrogen (secondary N) is 2. The Hall–Kier alpha value is -3.10. The molecule has 0 bridgehead atoms. The lowest BCUT2D eigenvalue weighted by atomic mass is 9.93. The van der Waals surface area contributed by atoms with Gasteiger partial charge in [-0.3, -0.25) is 9.78 Å². The molecule has 1 fully saturated rings. The van der Waals surface area contributed by atoms with Crippen LogP contribution in [-0.2, 0) is 0 Å². The maximum absolute atomic E-state index is 13.7. The second-order valence-electron chi connectivity index (χ2n) is 6.62. The van der Waals surface area contributed by atoms with Gasteiger partial charge >= 0.3 is 6.03 Å². The Labute approximate surface area is 161 Å². The van der Waals surface area contributed by atoms with Crippen LogP contribution in [0, 0.1) is 17.6 Å². The lowest BCUT2D eigenvalue weighted by molar-refractivity contribution is 0.0944. The Morgan fingerprint density at radius 2 is 1.96 bits per heavy atom. The molecule has 1 saturated heterocycles. The highest BCUT2D eigenvalue weighted by molar-refractivity contribution is 5.91. The van der Waals surface area contributed by atoms with E-state index in [2.05, 4.69) is 20.6 Å². The zero-order valence-corrected chi connectivity index (χ0v) is 15.2. The number of carbonyl (C=O) groups is 2. The number of urea groups is 1. The minimum atomic E-state index is -0.804. The molecular weight excluding hydrogens is 368 g/mol. The van der Waals surface area contributed by atoms with Crippen molar-refractivity contribution in [2.24, 2.45) is 5.92 Å². The zero-order valence-electron chi connectivity index (χ0n) is 15.2. The van der Waals surface area contributed by atoms with E-state index in [1.54, 1.807) is 4.90 Å². The highest BCUT2D eigenvalue weighted by atomic mass is 19.1. The second kappa shape index (κ2) is 9.20. The van der Waals surface area contributed by atoms with E-state index >= 15 is 0 Å². The predicted molar refractivity (Wildman–Crippen MR) is 98.7 cm³/mol. The molecule has 1 aromatic heterocycles. The minimum absolute atomic E-state index is 0.0414. The molecule has 2 heterocycles. The van der Waals surface area contributed by atoms with Gasteiger partial charge in [-0.05, 0) is 37.3 Å². The largest absolute Gasteiger partial charge is 0.351 e. The van der Waals surface area contributed by atoms with Gasteiger partial charge in [0.1, 0.15) is 17.3 Å². The van der Waals surface area contributed by atoms with Gasteiger partial charge in [-0.15, -0.1) is 0 Å². The number of carbonyl (C=O) groups excluding carboxylic acids is 2. The van der Waals surface area contributed by atoms with E-state index in [1.807, 2.05) is 0 Å². The first-order valence-electron chi connectivity index (χ1n) is 9.08. The Kier molecular flexibility index (Phi) is 6.46. The molecule has 2 N–H and O–H groups in total. The van der Waals surface area contributed by atoms with E-state index in [0.29, 0.717) is 25.6 Å². The Morgan fingerprint density at radius 3 is 2.64 bits per heavy atom. The van der Waals surface area contributed by atoms with E-state index in [-0.39, 0.29) is 17.3 Å². The van der Waals surface area contributed by atoms with Crippen molar-refractivity contribution in [1.82, 2.24) is 20.2 Å². The van der Waals surface area contributed by atoms with E-state index in [4.69, 9.17) is 0 Å². The second-order valence-corrected chi connectivity index (χ2v) is 6.62. The quantitative estimate of drug-likeness (QED) is 0.823. The van der Waals surface area contributed by atoms with Crippen LogP contribution in [0.1, 0.15) is 29.8 Å². The smallest absolute Gasteiger partial charge is 0.321 e. The van der Waals surface area contributed by atoms with Gasteiger partial charge in [0.15, 0.2) is 0 Å². The summed E-state index contributed by atoms with van der Waals surface area (Å²) in [5.74, 6) is -1.37. The fraction of sp³-hybridized carbons (Fsp3) is 0.368. The van der Waals surface area contributed by atoms with Gasteiger partial charge in [-0.25, -0.2) is 18.6 Å². The molecule has 7 nitrogen and oxygen atoms in total. The SMILES string of the molecule is O=C(NCCC1CCN(C(=O)Nc2ccc(F)cc2F)CC1)c1cnccn1. The summed E-state index contributed by atoms with van der Waals surface area (Å²) in [7, 11) is 0. The van der Waals surface area contributed by atoms with E-state index in [0.717, 1.165) is 31.4 Å². The molecule has 2 aromatic rings. The number of amides is 3. The van der Waals surface area contributed by atoms with E-state index in [1.165, 1.54) is 24.7 Å². The number of hydrogen-bond donors (Lipinski definition) is 2. The van der Waals surface area contributed by atoms with E-state index < -0.39 is 17.7 Å². The number of halogens is 2. The number of aromatic nitrogens is 2. The molecule has 0 unspecified atom stereocenters. The molecular formula is C19H21F2N5O2. The van der Waals surface area contributed by atoms with Gasteiger partial charge in [0.2, 0.25) is 0 Å². The van der Waals surface area contributed by atoms with Gasteiger partial charge in [0.25, 0.3) is 5.91 Å². The van der Waals surface area contributed by atoms with Crippen molar-refractivity contribution in [3.05, 3.63) is 54.1 Å². The number of benzene rings is 1. The van der Waals surface area contributed by atoms with Crippen LogP contribution < -0.4 is 10.6 Å². The Balaban J connectivity index is 1.39. The third kappa shape index (κ3) is 5.21. The van der Waals surface area contributed by atoms with E-state index in [9.17, 15) is 18.4 Å². The molecule has 9 heteroatoms. The minimum Gasteiger partial charge on any atom is -0.351 e. The highest BCUT2D eigenvalue weighted by Gasteiger charge is 2.23. The van der Waals surface area contributed by atoms with Crippen LogP contribution in [0.5, 0.6) is 0 Å². The van der Waals surface area contributed by atoms with Crippen LogP contribution in [0.15, 0.2) is 36.8 Å². The molecule has 1 aliphatic heterocycles. The summed E-state index contributed by atoms with van der Waals surface area (Å²) in [4.78, 5) is 33.6. The molecule has 148 valence electrons. The predicted octanol–water partition coefficient (Wildman–Crippen LogP) is 2.82. The Morgan fingerprint density at radius 1 is 1.18 bits per heavy atom. The number of likely N-dealkylation sites (tertiary alicyclic amines) is 1. The summed E-state index contributed by atoms with van der Waals surface area (Å²) in [6.45, 7) is 1.60. The summed E-state index contributed by atoms with van der Waals surface area (Å²) >= 11 is 0. The van der Waals surface area contributed by atoms with Gasteiger partial charge in [-0.1, -0.05) is 0 Å². The highest BCUT2D eigenvalue weighted by Crippen LogP contribution is 2.22. The van der Waals surface area contributed by atoms with Crippen molar-refractivity contribution in [3.8, 4) is 0 Å². The lowest BCUT2D eigenvalue weighted by Gasteiger charge is -2.32. The van der Waals surface area contributed by atoms with Crippen molar-refractivity contribution in [3.63, 3.8) is 0 Å². The summed E-state index contributed by atoms with van der Waals surface area (Å²) < 4.78 is 26.6. The molecule has 0 atom stereocenters. The summed E-state index contributed by atoms with van der Waals surface area (Å²) in [5.41, 5.74) is 0.238. The summed E-state index contributed by atoms with van der Waals surface area (Å²) in [5, 5.41) is 5.29. The number of rotatable bonds is 5. The molecule has 0 spiro atoms. The van der Waals surface area contributed by atoms with Gasteiger partial charge < -0.3 is 15.5 Å². The molecule has 3 rings (SSSR count). The van der Waals surface area contributed by atoms with Crippen LogP contribution in [0.4, 0.5) is 19.3 Å². The standard InChI is InChI=1S/C19H21F2N5O2/c20-14-1-2-16(15(21)11-14)25-19(28)26-9-4-13(5-10-26)3-6-24-18(27)17-12-22-7-8-23-17/h1-2,7-8,11-13H,3-6,9-10H2,(H,24,27)(H,25,28). The zero-order chi connectivity index (χ0) is 19.9. The molecule has 3 amide bonds. The normalized spacial score (nSPS) is 14.6. The summed E-state index contributed by atoms with van der Waals surface area (Å²) in [6.07, 6.45) is 6.77. The van der Waals surface area contributed by atoms with Crippen molar-refractivity contribution < 1.29 is 18.4 Å². The van der Waals surface area contributed by atoms with Crippen LogP contribution in [0.2, 0.25) is 0 Å². The monoisotopic (exact) mass is 389 g/mol. The third-order valence-electron chi connectivity index (χ3n) is 4.71. The first-order chi connectivity index (χ1) is 13.5. The molecule has 0 radical (unpaired) electrons. The molecule has 28 heavy (non-hydrogen) atoms. The van der Waals surface area contributed by atoms with Crippen LogP contribution >= 0.6 is 0 Å². The fourth-order valence-electron chi connectivity index (χ4n) is 3.11. The van der Waals surface area contributed by atoms with Crippen molar-refractivity contribution in [2.75, 3.05) is 25.0 Å². The first kappa shape index (κ1) is 19.7. The number of hydrogen-bond acceptors (Lipinski definition) is 4. The first-order valence-corrected chi connectivity index (χ1v) is 9.08. The van der Waals surface area contributed by atoms with Gasteiger partial charge in [0.05, 0.1) is 11.9 Å². The molecule has 0 aliphatic carbocycles. The fourth-order valence-corrected chi connectivity index (χ4v) is 3.11. The van der Waals surface area contributed by atoms with Gasteiger partial charge in [0, 0.05) is 38.1 Å². The lowest BCUT2D eigenvalue weighted by Crippen LogP contribution is -2.41. The van der Waals surface area contributed by atoms with Crippen molar-refractivity contribution in [2.45, 2.75) is 19.3 Å². The number of piperidine rings is 1. The van der Waals surface area contributed by atoms with Crippen LogP contribution in [0.25, 0.3) is 0 Å². The van der Waals surface area contributed by atoms with Crippen molar-refractivity contribution in [1.29, 1.82) is 0 Å². The summed E-state index contributed by atoms with van der Waals surface area (Å²) in [6, 6.07) is 2.63. The number of nitrogens with zero attached hydrogens (tertiary/aromatic N) is 3. The van der Waals surface area contributed by atoms with Crippen LogP contribution in [-0.4, -0.2) is 46.4 Å². The van der Waals surface area contributed by atoms with Crippen LogP contribution in [0.3, 0.4) is 0 Å². The Bertz CT molecular complexity index is 826. The van der Waals surface area contributed by atoms with Crippen molar-refractivity contribution >= 4 is 17.6 Å².